The highest BCUT2D eigenvalue weighted by molar-refractivity contribution is 5.94. The molecule has 0 saturated carbocycles. The molecule has 6 heteroatoms. The number of hydrogen-bond acceptors (Lipinski definition) is 2. The number of nitrogens with one attached hydrogen (secondary N) is 3. The van der Waals surface area contributed by atoms with Crippen LogP contribution in [0.15, 0.2) is 54.7 Å². The third kappa shape index (κ3) is 4.23. The summed E-state index contributed by atoms with van der Waals surface area (Å²) in [5.41, 5.74) is 2.42. The summed E-state index contributed by atoms with van der Waals surface area (Å²) in [6, 6.07) is 13.1. The van der Waals surface area contributed by atoms with Gasteiger partial charge in [0.15, 0.2) is 0 Å². The van der Waals surface area contributed by atoms with E-state index in [-0.39, 0.29) is 24.8 Å². The van der Waals surface area contributed by atoms with Crippen molar-refractivity contribution in [1.29, 1.82) is 0 Å². The van der Waals surface area contributed by atoms with E-state index in [1.165, 1.54) is 24.3 Å². The quantitative estimate of drug-likeness (QED) is 0.646. The Kier molecular flexibility index (Phi) is 5.09. The maximum absolute atomic E-state index is 12.8. The lowest BCUT2D eigenvalue weighted by molar-refractivity contribution is -0.121. The number of aromatic nitrogens is 1. The largest absolute Gasteiger partial charge is 0.361 e. The van der Waals surface area contributed by atoms with Gasteiger partial charge in [0.25, 0.3) is 5.91 Å². The van der Waals surface area contributed by atoms with Crippen LogP contribution in [-0.4, -0.2) is 23.3 Å². The molecule has 0 unspecified atom stereocenters. The van der Waals surface area contributed by atoms with Crippen molar-refractivity contribution in [3.05, 3.63) is 71.7 Å². The van der Waals surface area contributed by atoms with Crippen molar-refractivity contribution in [2.75, 3.05) is 6.54 Å². The number of H-pyrrole nitrogens is 1. The average Bonchev–Trinajstić information content (AvgIpc) is 3.09. The zero-order chi connectivity index (χ0) is 17.6. The first-order valence-electron chi connectivity index (χ1n) is 7.99. The van der Waals surface area contributed by atoms with Gasteiger partial charge in [-0.3, -0.25) is 9.59 Å². The predicted octanol–water partition coefficient (Wildman–Crippen LogP) is 2.74. The van der Waals surface area contributed by atoms with Gasteiger partial charge >= 0.3 is 0 Å². The fourth-order valence-corrected chi connectivity index (χ4v) is 2.58. The van der Waals surface area contributed by atoms with Gasteiger partial charge in [-0.15, -0.1) is 0 Å². The molecule has 3 aromatic rings. The van der Waals surface area contributed by atoms with Crippen LogP contribution >= 0.6 is 0 Å². The van der Waals surface area contributed by atoms with Crippen LogP contribution in [0.4, 0.5) is 4.39 Å². The summed E-state index contributed by atoms with van der Waals surface area (Å²) in [4.78, 5) is 26.9. The van der Waals surface area contributed by atoms with Crippen molar-refractivity contribution in [1.82, 2.24) is 15.6 Å². The SMILES string of the molecule is O=C(CCNC(=O)c1ccc(F)cc1)NCc1cccc2[nH]ccc12. The van der Waals surface area contributed by atoms with Crippen LogP contribution in [0.25, 0.3) is 10.9 Å². The molecule has 3 N–H and O–H groups in total. The standard InChI is InChI=1S/C19H18FN3O2/c20-15-6-4-13(5-7-15)19(25)22-11-9-18(24)23-12-14-2-1-3-17-16(14)8-10-21-17/h1-8,10,21H,9,11-12H2,(H,22,25)(H,23,24). The van der Waals surface area contributed by atoms with Crippen LogP contribution < -0.4 is 10.6 Å². The zero-order valence-electron chi connectivity index (χ0n) is 13.5. The van der Waals surface area contributed by atoms with Crippen LogP contribution in [0.3, 0.4) is 0 Å². The van der Waals surface area contributed by atoms with Crippen molar-refractivity contribution in [2.24, 2.45) is 0 Å². The van der Waals surface area contributed by atoms with Crippen molar-refractivity contribution in [2.45, 2.75) is 13.0 Å². The minimum Gasteiger partial charge on any atom is -0.361 e. The number of halogens is 1. The summed E-state index contributed by atoms with van der Waals surface area (Å²) in [5.74, 6) is -0.870. The number of aromatic amines is 1. The fraction of sp³-hybridized carbons (Fsp3) is 0.158. The van der Waals surface area contributed by atoms with E-state index in [2.05, 4.69) is 15.6 Å². The van der Waals surface area contributed by atoms with Crippen molar-refractivity contribution < 1.29 is 14.0 Å². The Morgan fingerprint density at radius 2 is 1.80 bits per heavy atom. The highest BCUT2D eigenvalue weighted by atomic mass is 19.1. The summed E-state index contributed by atoms with van der Waals surface area (Å²) in [5, 5.41) is 6.57. The Labute approximate surface area is 144 Å². The maximum Gasteiger partial charge on any atom is 0.251 e. The van der Waals surface area contributed by atoms with E-state index < -0.39 is 5.82 Å². The van der Waals surface area contributed by atoms with E-state index in [1.807, 2.05) is 30.5 Å². The highest BCUT2D eigenvalue weighted by Gasteiger charge is 2.08. The van der Waals surface area contributed by atoms with E-state index in [1.54, 1.807) is 0 Å². The number of hydrogen-bond donors (Lipinski definition) is 3. The molecular formula is C19H18FN3O2. The molecule has 128 valence electrons. The molecule has 1 aromatic heterocycles. The molecule has 0 radical (unpaired) electrons. The van der Waals surface area contributed by atoms with Gasteiger partial charge in [-0.25, -0.2) is 4.39 Å². The monoisotopic (exact) mass is 339 g/mol. The fourth-order valence-electron chi connectivity index (χ4n) is 2.58. The molecule has 0 aliphatic carbocycles. The summed E-state index contributed by atoms with van der Waals surface area (Å²) in [7, 11) is 0. The van der Waals surface area contributed by atoms with Gasteiger partial charge in [0.2, 0.25) is 5.91 Å². The number of carbonyl (C=O) groups excluding carboxylic acids is 2. The van der Waals surface area contributed by atoms with E-state index in [0.717, 1.165) is 16.5 Å². The maximum atomic E-state index is 12.8. The number of amides is 2. The van der Waals surface area contributed by atoms with E-state index in [4.69, 9.17) is 0 Å². The molecule has 0 atom stereocenters. The molecular weight excluding hydrogens is 321 g/mol. The summed E-state index contributed by atoms with van der Waals surface area (Å²) in [6.45, 7) is 0.649. The van der Waals surface area contributed by atoms with E-state index >= 15 is 0 Å². The van der Waals surface area contributed by atoms with Crippen LogP contribution in [0.5, 0.6) is 0 Å². The third-order valence-corrected chi connectivity index (χ3v) is 3.91. The zero-order valence-corrected chi connectivity index (χ0v) is 13.5. The molecule has 3 rings (SSSR count). The smallest absolute Gasteiger partial charge is 0.251 e. The predicted molar refractivity (Wildman–Crippen MR) is 93.5 cm³/mol. The minimum atomic E-state index is -0.395. The second-order valence-electron chi connectivity index (χ2n) is 5.65. The molecule has 0 spiro atoms. The van der Waals surface area contributed by atoms with Gasteiger partial charge in [0.05, 0.1) is 0 Å². The van der Waals surface area contributed by atoms with Gasteiger partial charge in [0.1, 0.15) is 5.82 Å². The van der Waals surface area contributed by atoms with E-state index in [9.17, 15) is 14.0 Å². The third-order valence-electron chi connectivity index (χ3n) is 3.91. The van der Waals surface area contributed by atoms with Crippen LogP contribution in [-0.2, 0) is 11.3 Å². The first-order valence-corrected chi connectivity index (χ1v) is 7.99. The van der Waals surface area contributed by atoms with Crippen molar-refractivity contribution in [3.8, 4) is 0 Å². The Balaban J connectivity index is 1.44. The first-order chi connectivity index (χ1) is 12.1. The molecule has 0 aliphatic heterocycles. The normalized spacial score (nSPS) is 10.6. The lowest BCUT2D eigenvalue weighted by atomic mass is 10.1. The molecule has 25 heavy (non-hydrogen) atoms. The molecule has 2 amide bonds. The van der Waals surface area contributed by atoms with Gasteiger partial charge in [-0.1, -0.05) is 12.1 Å². The summed E-state index contributed by atoms with van der Waals surface area (Å²) in [6.07, 6.45) is 2.04. The molecule has 0 fully saturated rings. The number of fused-ring (bicyclic) bond motifs is 1. The Morgan fingerprint density at radius 3 is 2.60 bits per heavy atom. The summed E-state index contributed by atoms with van der Waals surface area (Å²) < 4.78 is 12.8. The minimum absolute atomic E-state index is 0.146. The molecule has 0 aliphatic rings. The molecule has 2 aromatic carbocycles. The van der Waals surface area contributed by atoms with Crippen LogP contribution in [0, 0.1) is 5.82 Å². The molecule has 0 bridgehead atoms. The van der Waals surface area contributed by atoms with Gasteiger partial charge in [-0.05, 0) is 42.0 Å². The van der Waals surface area contributed by atoms with E-state index in [0.29, 0.717) is 12.1 Å². The van der Waals surface area contributed by atoms with Gasteiger partial charge in [0, 0.05) is 42.2 Å². The van der Waals surface area contributed by atoms with Crippen molar-refractivity contribution >= 4 is 22.7 Å². The van der Waals surface area contributed by atoms with Crippen LogP contribution in [0.2, 0.25) is 0 Å². The Bertz CT molecular complexity index is 887. The molecule has 5 nitrogen and oxygen atoms in total. The van der Waals surface area contributed by atoms with Gasteiger partial charge in [-0.2, -0.15) is 0 Å². The average molecular weight is 339 g/mol. The topological polar surface area (TPSA) is 74.0 Å². The Hall–Kier alpha value is -3.15. The van der Waals surface area contributed by atoms with Crippen LogP contribution in [0.1, 0.15) is 22.3 Å². The highest BCUT2D eigenvalue weighted by Crippen LogP contribution is 2.16. The first kappa shape index (κ1) is 16.7. The summed E-state index contributed by atoms with van der Waals surface area (Å²) >= 11 is 0. The molecule has 1 heterocycles. The number of benzene rings is 2. The number of carbonyl (C=O) groups is 2. The Morgan fingerprint density at radius 1 is 1.00 bits per heavy atom. The lowest BCUT2D eigenvalue weighted by Gasteiger charge is -2.08. The number of rotatable bonds is 6. The lowest BCUT2D eigenvalue weighted by Crippen LogP contribution is -2.30. The van der Waals surface area contributed by atoms with Crippen molar-refractivity contribution in [3.63, 3.8) is 0 Å². The second-order valence-corrected chi connectivity index (χ2v) is 5.65. The molecule has 0 saturated heterocycles. The van der Waals surface area contributed by atoms with Gasteiger partial charge < -0.3 is 15.6 Å². The second kappa shape index (κ2) is 7.61.